The first-order chi connectivity index (χ1) is 7.22. The van der Waals surface area contributed by atoms with Gasteiger partial charge in [-0.15, -0.1) is 13.2 Å². The van der Waals surface area contributed by atoms with Crippen LogP contribution in [0.25, 0.3) is 0 Å². The molecule has 0 fully saturated rings. The molecule has 0 saturated heterocycles. The molecule has 0 saturated carbocycles. The molecule has 0 radical (unpaired) electrons. The second kappa shape index (κ2) is 4.39. The summed E-state index contributed by atoms with van der Waals surface area (Å²) in [6.07, 6.45) is -4.13. The number of hydrogen-bond donors (Lipinski definition) is 0. The van der Waals surface area contributed by atoms with Crippen molar-refractivity contribution in [1.29, 1.82) is 0 Å². The van der Waals surface area contributed by atoms with E-state index in [0.29, 0.717) is 0 Å². The number of nitro groups is 1. The smallest absolute Gasteiger partial charge is 0.388 e. The number of aromatic nitrogens is 1. The highest BCUT2D eigenvalue weighted by Crippen LogP contribution is 2.31. The van der Waals surface area contributed by atoms with Crippen LogP contribution in [0.3, 0.4) is 0 Å². The molecule has 1 aromatic rings. The number of ether oxygens (including phenoxy) is 1. The van der Waals surface area contributed by atoms with E-state index in [9.17, 15) is 23.3 Å². The minimum atomic E-state index is -4.86. The summed E-state index contributed by atoms with van der Waals surface area (Å²) in [6, 6.07) is 0. The summed E-state index contributed by atoms with van der Waals surface area (Å²) in [7, 11) is 0. The van der Waals surface area contributed by atoms with Gasteiger partial charge in [0.2, 0.25) is 5.88 Å². The van der Waals surface area contributed by atoms with Crippen molar-refractivity contribution in [1.82, 2.24) is 4.98 Å². The monoisotopic (exact) mass is 348 g/mol. The molecule has 16 heavy (non-hydrogen) atoms. The SMILES string of the molecule is Cc1c(OC(F)(F)F)ncc([N+](=O)[O-])c1I. The Morgan fingerprint density at radius 3 is 2.56 bits per heavy atom. The lowest BCUT2D eigenvalue weighted by Gasteiger charge is -2.10. The molecule has 0 unspecified atom stereocenters. The molecular weight excluding hydrogens is 344 g/mol. The summed E-state index contributed by atoms with van der Waals surface area (Å²) in [6.45, 7) is 1.27. The van der Waals surface area contributed by atoms with Gasteiger partial charge in [0.25, 0.3) is 0 Å². The zero-order valence-corrected chi connectivity index (χ0v) is 9.87. The standard InChI is InChI=1S/C7H4F3IN2O3/c1-3-5(11)4(13(14)15)2-12-6(3)16-7(8,9)10/h2H,1H3. The zero-order valence-electron chi connectivity index (χ0n) is 7.71. The van der Waals surface area contributed by atoms with Gasteiger partial charge in [-0.1, -0.05) is 0 Å². The van der Waals surface area contributed by atoms with Crippen LogP contribution in [0.4, 0.5) is 18.9 Å². The van der Waals surface area contributed by atoms with E-state index in [1.165, 1.54) is 6.92 Å². The number of rotatable bonds is 2. The largest absolute Gasteiger partial charge is 0.574 e. The molecule has 0 bridgehead atoms. The van der Waals surface area contributed by atoms with E-state index in [-0.39, 0.29) is 14.8 Å². The lowest BCUT2D eigenvalue weighted by Crippen LogP contribution is -2.19. The van der Waals surface area contributed by atoms with Crippen molar-refractivity contribution in [2.75, 3.05) is 0 Å². The number of hydrogen-bond acceptors (Lipinski definition) is 4. The van der Waals surface area contributed by atoms with E-state index in [0.717, 1.165) is 6.20 Å². The van der Waals surface area contributed by atoms with Crippen molar-refractivity contribution in [3.05, 3.63) is 25.4 Å². The molecule has 0 aliphatic heterocycles. The van der Waals surface area contributed by atoms with E-state index in [4.69, 9.17) is 0 Å². The van der Waals surface area contributed by atoms with Crippen molar-refractivity contribution in [2.24, 2.45) is 0 Å². The fraction of sp³-hybridized carbons (Fsp3) is 0.286. The van der Waals surface area contributed by atoms with Crippen molar-refractivity contribution in [3.8, 4) is 5.88 Å². The maximum absolute atomic E-state index is 11.9. The maximum Gasteiger partial charge on any atom is 0.574 e. The molecule has 9 heteroatoms. The molecule has 0 aliphatic carbocycles. The fourth-order valence-electron chi connectivity index (χ4n) is 0.899. The molecular formula is C7H4F3IN2O3. The first-order valence-electron chi connectivity index (χ1n) is 3.77. The van der Waals surface area contributed by atoms with Crippen molar-refractivity contribution >= 4 is 28.3 Å². The molecule has 88 valence electrons. The molecule has 0 aromatic carbocycles. The van der Waals surface area contributed by atoms with Crippen LogP contribution in [0.1, 0.15) is 5.56 Å². The Morgan fingerprint density at radius 1 is 1.56 bits per heavy atom. The van der Waals surface area contributed by atoms with Gasteiger partial charge in [-0.25, -0.2) is 4.98 Å². The van der Waals surface area contributed by atoms with E-state index in [2.05, 4.69) is 9.72 Å². The third-order valence-electron chi connectivity index (χ3n) is 1.59. The van der Waals surface area contributed by atoms with Crippen LogP contribution in [-0.2, 0) is 0 Å². The van der Waals surface area contributed by atoms with Gasteiger partial charge in [0.15, 0.2) is 0 Å². The summed E-state index contributed by atoms with van der Waals surface area (Å²) in [5.41, 5.74) is -0.375. The number of pyridine rings is 1. The molecule has 0 amide bonds. The predicted octanol–water partition coefficient (Wildman–Crippen LogP) is 2.80. The van der Waals surface area contributed by atoms with E-state index in [1.54, 1.807) is 22.6 Å². The Balaban J connectivity index is 3.17. The summed E-state index contributed by atoms with van der Waals surface area (Å²) in [4.78, 5) is 13.0. The lowest BCUT2D eigenvalue weighted by atomic mass is 10.3. The number of halogens is 4. The lowest BCUT2D eigenvalue weighted by molar-refractivity contribution is -0.386. The fourth-order valence-corrected chi connectivity index (χ4v) is 1.47. The van der Waals surface area contributed by atoms with Crippen LogP contribution < -0.4 is 4.74 Å². The average Bonchev–Trinajstić information content (AvgIpc) is 2.10. The molecule has 0 aliphatic rings. The molecule has 0 atom stereocenters. The van der Waals surface area contributed by atoms with Gasteiger partial charge in [-0.05, 0) is 29.5 Å². The second-order valence-electron chi connectivity index (χ2n) is 2.69. The van der Waals surface area contributed by atoms with Crippen LogP contribution in [0.5, 0.6) is 5.88 Å². The van der Waals surface area contributed by atoms with Crippen LogP contribution in [0, 0.1) is 20.6 Å². The van der Waals surface area contributed by atoms with E-state index >= 15 is 0 Å². The van der Waals surface area contributed by atoms with Gasteiger partial charge in [-0.3, -0.25) is 10.1 Å². The maximum atomic E-state index is 11.9. The van der Waals surface area contributed by atoms with Gasteiger partial charge in [-0.2, -0.15) is 0 Å². The Hall–Kier alpha value is -1.13. The number of nitrogens with zero attached hydrogens (tertiary/aromatic N) is 2. The predicted molar refractivity (Wildman–Crippen MR) is 55.0 cm³/mol. The molecule has 1 heterocycles. The van der Waals surface area contributed by atoms with Crippen molar-refractivity contribution < 1.29 is 22.8 Å². The minimum absolute atomic E-state index is 0.0212. The zero-order chi connectivity index (χ0) is 12.5. The highest BCUT2D eigenvalue weighted by atomic mass is 127. The molecule has 0 N–H and O–H groups in total. The van der Waals surface area contributed by atoms with Crippen LogP contribution in [0.15, 0.2) is 6.20 Å². The molecule has 1 rings (SSSR count). The molecule has 0 spiro atoms. The van der Waals surface area contributed by atoms with E-state index in [1.807, 2.05) is 0 Å². The Morgan fingerprint density at radius 2 is 2.12 bits per heavy atom. The highest BCUT2D eigenvalue weighted by molar-refractivity contribution is 14.1. The summed E-state index contributed by atoms with van der Waals surface area (Å²) < 4.78 is 39.4. The van der Waals surface area contributed by atoms with Crippen LogP contribution in [0.2, 0.25) is 0 Å². The third kappa shape index (κ3) is 2.93. The highest BCUT2D eigenvalue weighted by Gasteiger charge is 2.33. The van der Waals surface area contributed by atoms with Gasteiger partial charge in [0.1, 0.15) is 9.77 Å². The van der Waals surface area contributed by atoms with Crippen molar-refractivity contribution in [3.63, 3.8) is 0 Å². The minimum Gasteiger partial charge on any atom is -0.388 e. The first kappa shape index (κ1) is 12.9. The van der Waals surface area contributed by atoms with Gasteiger partial charge in [0.05, 0.1) is 4.92 Å². The normalized spacial score (nSPS) is 11.3. The Labute approximate surface area is 101 Å². The van der Waals surface area contributed by atoms with Gasteiger partial charge < -0.3 is 4.74 Å². The molecule has 5 nitrogen and oxygen atoms in total. The topological polar surface area (TPSA) is 65.3 Å². The second-order valence-corrected chi connectivity index (χ2v) is 3.77. The van der Waals surface area contributed by atoms with Crippen LogP contribution >= 0.6 is 22.6 Å². The Bertz CT molecular complexity index is 436. The number of alkyl halides is 3. The van der Waals surface area contributed by atoms with Gasteiger partial charge >= 0.3 is 12.0 Å². The average molecular weight is 348 g/mol. The van der Waals surface area contributed by atoms with Gasteiger partial charge in [0, 0.05) is 5.56 Å². The van der Waals surface area contributed by atoms with E-state index < -0.39 is 17.2 Å². The summed E-state index contributed by atoms with van der Waals surface area (Å²) in [5, 5.41) is 10.5. The van der Waals surface area contributed by atoms with Crippen molar-refractivity contribution in [2.45, 2.75) is 13.3 Å². The quantitative estimate of drug-likeness (QED) is 0.468. The Kier molecular flexibility index (Phi) is 3.55. The first-order valence-corrected chi connectivity index (χ1v) is 4.85. The third-order valence-corrected chi connectivity index (χ3v) is 2.95. The summed E-state index contributed by atoms with van der Waals surface area (Å²) in [5.74, 6) is -0.678. The molecule has 1 aromatic heterocycles. The van der Waals surface area contributed by atoms with Crippen LogP contribution in [-0.4, -0.2) is 16.3 Å². The summed E-state index contributed by atoms with van der Waals surface area (Å²) >= 11 is 1.57.